The smallest absolute Gasteiger partial charge is 0.407 e. The number of cyclic esters (lactones) is 1. The standard InChI is InChI=1S/C8H8BrNO2S/c1-4-5(9)2-7(13-4)6-3-12-8(11)10-6/h2,6H,3H2,1H3,(H,10,11). The highest BCUT2D eigenvalue weighted by molar-refractivity contribution is 9.10. The molecule has 1 aromatic rings. The quantitative estimate of drug-likeness (QED) is 0.844. The SMILES string of the molecule is Cc1sc(C2COC(=O)N2)cc1Br. The number of hydrogen-bond acceptors (Lipinski definition) is 3. The molecule has 5 heteroatoms. The number of carbonyl (C=O) groups is 1. The molecule has 1 fully saturated rings. The number of amides is 1. The first-order valence-electron chi connectivity index (χ1n) is 3.86. The summed E-state index contributed by atoms with van der Waals surface area (Å²) in [5.41, 5.74) is 0. The third-order valence-electron chi connectivity index (χ3n) is 1.89. The van der Waals surface area contributed by atoms with Gasteiger partial charge in [0.25, 0.3) is 0 Å². The summed E-state index contributed by atoms with van der Waals surface area (Å²) in [7, 11) is 0. The third kappa shape index (κ3) is 1.71. The van der Waals surface area contributed by atoms with E-state index in [9.17, 15) is 4.79 Å². The summed E-state index contributed by atoms with van der Waals surface area (Å²) in [5, 5.41) is 2.74. The molecule has 1 atom stereocenters. The fraction of sp³-hybridized carbons (Fsp3) is 0.375. The van der Waals surface area contributed by atoms with Crippen molar-refractivity contribution in [3.05, 3.63) is 20.3 Å². The molecule has 0 radical (unpaired) electrons. The molecule has 0 saturated carbocycles. The highest BCUT2D eigenvalue weighted by Gasteiger charge is 2.25. The van der Waals surface area contributed by atoms with Gasteiger partial charge in [0.1, 0.15) is 12.6 Å². The Morgan fingerprint density at radius 3 is 3.00 bits per heavy atom. The van der Waals surface area contributed by atoms with Crippen molar-refractivity contribution in [2.75, 3.05) is 6.61 Å². The molecule has 2 heterocycles. The van der Waals surface area contributed by atoms with Crippen LogP contribution in [0.4, 0.5) is 4.79 Å². The Kier molecular flexibility index (Phi) is 2.29. The molecule has 1 unspecified atom stereocenters. The van der Waals surface area contributed by atoms with E-state index < -0.39 is 0 Å². The molecular formula is C8H8BrNO2S. The first-order valence-corrected chi connectivity index (χ1v) is 5.47. The summed E-state index contributed by atoms with van der Waals surface area (Å²) < 4.78 is 5.90. The van der Waals surface area contributed by atoms with Crippen molar-refractivity contribution in [2.24, 2.45) is 0 Å². The number of halogens is 1. The molecule has 1 saturated heterocycles. The molecule has 0 bridgehead atoms. The average Bonchev–Trinajstić information content (AvgIpc) is 2.61. The lowest BCUT2D eigenvalue weighted by Gasteiger charge is -2.01. The van der Waals surface area contributed by atoms with Crippen LogP contribution in [0, 0.1) is 6.92 Å². The molecule has 0 spiro atoms. The minimum absolute atomic E-state index is 0.0301. The second-order valence-electron chi connectivity index (χ2n) is 2.85. The molecule has 3 nitrogen and oxygen atoms in total. The number of ether oxygens (including phenoxy) is 1. The van der Waals surface area contributed by atoms with Crippen LogP contribution in [-0.2, 0) is 4.74 Å². The lowest BCUT2D eigenvalue weighted by molar-refractivity contribution is 0.177. The van der Waals surface area contributed by atoms with Crippen LogP contribution in [0.2, 0.25) is 0 Å². The largest absolute Gasteiger partial charge is 0.447 e. The van der Waals surface area contributed by atoms with E-state index >= 15 is 0 Å². The zero-order valence-electron chi connectivity index (χ0n) is 6.96. The Bertz CT molecular complexity index is 330. The van der Waals surface area contributed by atoms with Gasteiger partial charge in [-0.2, -0.15) is 0 Å². The van der Waals surface area contributed by atoms with Crippen molar-refractivity contribution >= 4 is 33.4 Å². The highest BCUT2D eigenvalue weighted by atomic mass is 79.9. The summed E-state index contributed by atoms with van der Waals surface area (Å²) in [6.45, 7) is 2.47. The van der Waals surface area contributed by atoms with E-state index in [1.807, 2.05) is 13.0 Å². The van der Waals surface area contributed by atoms with Gasteiger partial charge in [-0.25, -0.2) is 4.79 Å². The summed E-state index contributed by atoms with van der Waals surface area (Å²) in [5.74, 6) is 0. The maximum absolute atomic E-state index is 10.8. The Labute approximate surface area is 88.2 Å². The number of rotatable bonds is 1. The second kappa shape index (κ2) is 3.31. The van der Waals surface area contributed by atoms with Crippen LogP contribution in [0.5, 0.6) is 0 Å². The molecule has 0 aliphatic carbocycles. The first-order chi connectivity index (χ1) is 6.16. The van der Waals surface area contributed by atoms with Crippen molar-refractivity contribution in [1.29, 1.82) is 0 Å². The van der Waals surface area contributed by atoms with E-state index in [0.717, 1.165) is 9.35 Å². The Morgan fingerprint density at radius 1 is 1.77 bits per heavy atom. The summed E-state index contributed by atoms with van der Waals surface area (Å²) in [4.78, 5) is 13.1. The van der Waals surface area contributed by atoms with E-state index in [0.29, 0.717) is 6.61 Å². The molecule has 1 amide bonds. The van der Waals surface area contributed by atoms with Gasteiger partial charge in [0.15, 0.2) is 0 Å². The van der Waals surface area contributed by atoms with Gasteiger partial charge in [-0.1, -0.05) is 0 Å². The lowest BCUT2D eigenvalue weighted by atomic mass is 10.3. The molecule has 2 rings (SSSR count). The topological polar surface area (TPSA) is 38.3 Å². The number of aryl methyl sites for hydroxylation is 1. The average molecular weight is 262 g/mol. The predicted octanol–water partition coefficient (Wildman–Crippen LogP) is 2.60. The summed E-state index contributed by atoms with van der Waals surface area (Å²) in [6.07, 6.45) is -0.327. The number of alkyl carbamates (subject to hydrolysis) is 1. The zero-order chi connectivity index (χ0) is 9.42. The molecule has 13 heavy (non-hydrogen) atoms. The highest BCUT2D eigenvalue weighted by Crippen LogP contribution is 2.31. The van der Waals surface area contributed by atoms with E-state index in [-0.39, 0.29) is 12.1 Å². The van der Waals surface area contributed by atoms with Gasteiger partial charge in [0.05, 0.1) is 0 Å². The monoisotopic (exact) mass is 261 g/mol. The van der Waals surface area contributed by atoms with E-state index in [1.165, 1.54) is 4.88 Å². The van der Waals surface area contributed by atoms with Crippen LogP contribution in [-0.4, -0.2) is 12.7 Å². The predicted molar refractivity (Wildman–Crippen MR) is 54.0 cm³/mol. The van der Waals surface area contributed by atoms with Crippen molar-refractivity contribution in [2.45, 2.75) is 13.0 Å². The van der Waals surface area contributed by atoms with Crippen molar-refractivity contribution in [3.8, 4) is 0 Å². The minimum atomic E-state index is -0.327. The number of thiophene rings is 1. The van der Waals surface area contributed by atoms with Gasteiger partial charge >= 0.3 is 6.09 Å². The van der Waals surface area contributed by atoms with Crippen LogP contribution < -0.4 is 5.32 Å². The fourth-order valence-corrected chi connectivity index (χ4v) is 2.79. The maximum Gasteiger partial charge on any atom is 0.407 e. The third-order valence-corrected chi connectivity index (χ3v) is 4.14. The molecule has 0 aromatic carbocycles. The Hall–Kier alpha value is -0.550. The molecule has 1 aliphatic heterocycles. The second-order valence-corrected chi connectivity index (χ2v) is 4.99. The molecule has 70 valence electrons. The van der Waals surface area contributed by atoms with E-state index in [4.69, 9.17) is 4.74 Å². The van der Waals surface area contributed by atoms with Crippen LogP contribution in [0.25, 0.3) is 0 Å². The van der Waals surface area contributed by atoms with Gasteiger partial charge in [0.2, 0.25) is 0 Å². The lowest BCUT2D eigenvalue weighted by Crippen LogP contribution is -2.17. The van der Waals surface area contributed by atoms with Crippen LogP contribution in [0.15, 0.2) is 10.5 Å². The zero-order valence-corrected chi connectivity index (χ0v) is 9.37. The molecule has 1 N–H and O–H groups in total. The van der Waals surface area contributed by atoms with E-state index in [2.05, 4.69) is 21.2 Å². The molecule has 1 aliphatic rings. The normalized spacial score (nSPS) is 21.4. The van der Waals surface area contributed by atoms with Gasteiger partial charge in [0, 0.05) is 14.2 Å². The number of nitrogens with one attached hydrogen (secondary N) is 1. The van der Waals surface area contributed by atoms with Crippen molar-refractivity contribution < 1.29 is 9.53 Å². The van der Waals surface area contributed by atoms with Crippen LogP contribution in [0.3, 0.4) is 0 Å². The van der Waals surface area contributed by atoms with Gasteiger partial charge in [-0.3, -0.25) is 0 Å². The summed E-state index contributed by atoms with van der Waals surface area (Å²) in [6, 6.07) is 2.06. The van der Waals surface area contributed by atoms with Crippen molar-refractivity contribution in [1.82, 2.24) is 5.32 Å². The minimum Gasteiger partial charge on any atom is -0.447 e. The van der Waals surface area contributed by atoms with Gasteiger partial charge < -0.3 is 10.1 Å². The Morgan fingerprint density at radius 2 is 2.54 bits per heavy atom. The van der Waals surface area contributed by atoms with Crippen LogP contribution >= 0.6 is 27.3 Å². The summed E-state index contributed by atoms with van der Waals surface area (Å²) >= 11 is 5.11. The maximum atomic E-state index is 10.8. The fourth-order valence-electron chi connectivity index (χ4n) is 1.19. The number of carbonyl (C=O) groups excluding carboxylic acids is 1. The molecule has 1 aromatic heterocycles. The Balaban J connectivity index is 2.21. The number of hydrogen-bond donors (Lipinski definition) is 1. The van der Waals surface area contributed by atoms with E-state index in [1.54, 1.807) is 11.3 Å². The van der Waals surface area contributed by atoms with Crippen LogP contribution in [0.1, 0.15) is 15.8 Å². The first kappa shape index (κ1) is 9.02. The van der Waals surface area contributed by atoms with Gasteiger partial charge in [-0.15, -0.1) is 11.3 Å². The van der Waals surface area contributed by atoms with Crippen molar-refractivity contribution in [3.63, 3.8) is 0 Å². The van der Waals surface area contributed by atoms with Gasteiger partial charge in [-0.05, 0) is 28.9 Å². The molecular weight excluding hydrogens is 254 g/mol.